The highest BCUT2D eigenvalue weighted by molar-refractivity contribution is 5.84. The molecule has 1 heterocycles. The normalized spacial score (nSPS) is 27.3. The smallest absolute Gasteiger partial charge is 0.373 e. The van der Waals surface area contributed by atoms with Crippen LogP contribution in [0.1, 0.15) is 47.4 Å². The molecule has 0 unspecified atom stereocenters. The Balaban J connectivity index is 1.59. The van der Waals surface area contributed by atoms with E-state index in [-0.39, 0.29) is 35.4 Å². The van der Waals surface area contributed by atoms with E-state index in [0.717, 1.165) is 0 Å². The predicted octanol–water partition coefficient (Wildman–Crippen LogP) is 5.16. The molecule has 4 rings (SSSR count). The molecule has 35 heavy (non-hydrogen) atoms. The third-order valence-corrected chi connectivity index (χ3v) is 6.70. The Kier molecular flexibility index (Phi) is 6.85. The monoisotopic (exact) mass is 504 g/mol. The fourth-order valence-electron chi connectivity index (χ4n) is 5.09. The summed E-state index contributed by atoms with van der Waals surface area (Å²) >= 11 is 0. The lowest BCUT2D eigenvalue weighted by atomic mass is 9.82. The Bertz CT molecular complexity index is 1040. The van der Waals surface area contributed by atoms with Gasteiger partial charge in [0.15, 0.2) is 0 Å². The van der Waals surface area contributed by atoms with Crippen molar-refractivity contribution in [2.75, 3.05) is 0 Å². The van der Waals surface area contributed by atoms with Crippen molar-refractivity contribution >= 4 is 5.91 Å². The predicted molar refractivity (Wildman–Crippen MR) is 111 cm³/mol. The molecule has 1 aliphatic carbocycles. The number of halogens is 7. The summed E-state index contributed by atoms with van der Waals surface area (Å²) in [5.41, 5.74) is 3.46. The van der Waals surface area contributed by atoms with Crippen LogP contribution in [0.5, 0.6) is 0 Å². The molecule has 1 amide bonds. The second-order valence-electron chi connectivity index (χ2n) is 9.04. The van der Waals surface area contributed by atoms with Crippen molar-refractivity contribution < 1.29 is 40.3 Å². The molecule has 1 aliphatic heterocycles. The van der Waals surface area contributed by atoms with Gasteiger partial charge in [0.2, 0.25) is 5.91 Å². The van der Waals surface area contributed by atoms with E-state index in [9.17, 15) is 35.5 Å². The second-order valence-corrected chi connectivity index (χ2v) is 9.04. The number of carbonyl (C=O) groups is 1. The summed E-state index contributed by atoms with van der Waals surface area (Å²) in [7, 11) is 0. The summed E-state index contributed by atoms with van der Waals surface area (Å²) in [6.07, 6.45) is -9.05. The van der Waals surface area contributed by atoms with Crippen molar-refractivity contribution in [1.29, 1.82) is 0 Å². The van der Waals surface area contributed by atoms with Crippen molar-refractivity contribution in [3.63, 3.8) is 0 Å². The van der Waals surface area contributed by atoms with Crippen LogP contribution in [0.3, 0.4) is 0 Å². The molecule has 1 saturated heterocycles. The maximum absolute atomic E-state index is 13.5. The minimum Gasteiger partial charge on any atom is -0.373 e. The maximum Gasteiger partial charge on any atom is 0.416 e. The first-order chi connectivity index (χ1) is 16.3. The van der Waals surface area contributed by atoms with E-state index < -0.39 is 48.0 Å². The second kappa shape index (κ2) is 9.42. The minimum absolute atomic E-state index is 0.0719. The molecule has 2 aromatic carbocycles. The minimum atomic E-state index is -4.95. The number of hydrogen-bond donors (Lipinski definition) is 2. The molecule has 11 heteroatoms. The van der Waals surface area contributed by atoms with E-state index in [4.69, 9.17) is 10.5 Å². The standard InChI is InChI=1S/C24H23F7N2O2/c25-16-3-1-13(2-4-16)21-17(19-10-18(32)22(34)33-19)5-6-20(21)35-11-12-7-14(23(26,27)28)9-15(8-12)24(29,30)31/h1-4,7-9,17-21H,5-6,10-11,32H2,(H,33,34)/t17-,18-,19+,20-,21-/m0/s1. The van der Waals surface area contributed by atoms with Crippen molar-refractivity contribution in [2.45, 2.75) is 62.3 Å². The van der Waals surface area contributed by atoms with Gasteiger partial charge in [0.1, 0.15) is 5.82 Å². The summed E-state index contributed by atoms with van der Waals surface area (Å²) in [6.45, 7) is -0.474. The first kappa shape index (κ1) is 25.4. The molecular formula is C24H23F7N2O2. The van der Waals surface area contributed by atoms with Gasteiger partial charge in [-0.15, -0.1) is 0 Å². The number of benzene rings is 2. The van der Waals surface area contributed by atoms with Crippen molar-refractivity contribution in [3.05, 3.63) is 70.5 Å². The lowest BCUT2D eigenvalue weighted by Crippen LogP contribution is -2.36. The fourth-order valence-corrected chi connectivity index (χ4v) is 5.09. The highest BCUT2D eigenvalue weighted by Gasteiger charge is 2.45. The highest BCUT2D eigenvalue weighted by atomic mass is 19.4. The zero-order chi connectivity index (χ0) is 25.5. The van der Waals surface area contributed by atoms with Crippen LogP contribution in [0.15, 0.2) is 42.5 Å². The quantitative estimate of drug-likeness (QED) is 0.554. The van der Waals surface area contributed by atoms with Crippen LogP contribution in [0.25, 0.3) is 0 Å². The van der Waals surface area contributed by atoms with Gasteiger partial charge in [-0.3, -0.25) is 4.79 Å². The van der Waals surface area contributed by atoms with Gasteiger partial charge in [0.05, 0.1) is 29.9 Å². The molecule has 190 valence electrons. The summed E-state index contributed by atoms with van der Waals surface area (Å²) in [5, 5.41) is 2.86. The summed E-state index contributed by atoms with van der Waals surface area (Å²) in [4.78, 5) is 11.9. The molecule has 3 N–H and O–H groups in total. The maximum atomic E-state index is 13.5. The highest BCUT2D eigenvalue weighted by Crippen LogP contribution is 2.45. The van der Waals surface area contributed by atoms with Gasteiger partial charge in [-0.05, 0) is 66.6 Å². The molecule has 2 aromatic rings. The molecule has 0 bridgehead atoms. The van der Waals surface area contributed by atoms with Gasteiger partial charge in [0, 0.05) is 12.0 Å². The molecule has 0 radical (unpaired) electrons. The van der Waals surface area contributed by atoms with Crippen LogP contribution in [0, 0.1) is 11.7 Å². The number of amides is 1. The first-order valence-corrected chi connectivity index (χ1v) is 11.0. The van der Waals surface area contributed by atoms with E-state index >= 15 is 0 Å². The Morgan fingerprint density at radius 2 is 1.54 bits per heavy atom. The molecule has 2 fully saturated rings. The van der Waals surface area contributed by atoms with E-state index in [1.807, 2.05) is 0 Å². The average Bonchev–Trinajstić information content (AvgIpc) is 3.34. The van der Waals surface area contributed by atoms with Crippen molar-refractivity contribution in [1.82, 2.24) is 5.32 Å². The van der Waals surface area contributed by atoms with E-state index in [0.29, 0.717) is 37.0 Å². The zero-order valence-electron chi connectivity index (χ0n) is 18.3. The number of alkyl halides is 6. The number of hydrogen-bond acceptors (Lipinski definition) is 3. The Morgan fingerprint density at radius 3 is 2.06 bits per heavy atom. The van der Waals surface area contributed by atoms with Crippen LogP contribution >= 0.6 is 0 Å². The lowest BCUT2D eigenvalue weighted by Gasteiger charge is -2.29. The Morgan fingerprint density at radius 1 is 0.943 bits per heavy atom. The van der Waals surface area contributed by atoms with Gasteiger partial charge in [-0.2, -0.15) is 26.3 Å². The number of rotatable bonds is 5. The van der Waals surface area contributed by atoms with Crippen LogP contribution < -0.4 is 11.1 Å². The third kappa shape index (κ3) is 5.61. The topological polar surface area (TPSA) is 64.3 Å². The van der Waals surface area contributed by atoms with E-state index in [1.165, 1.54) is 12.1 Å². The lowest BCUT2D eigenvalue weighted by molar-refractivity contribution is -0.143. The molecule has 0 aromatic heterocycles. The summed E-state index contributed by atoms with van der Waals surface area (Å²) in [5.74, 6) is -1.25. The van der Waals surface area contributed by atoms with E-state index in [2.05, 4.69) is 5.32 Å². The number of nitrogens with two attached hydrogens (primary N) is 1. The molecular weight excluding hydrogens is 481 g/mol. The van der Waals surface area contributed by atoms with Gasteiger partial charge in [0.25, 0.3) is 0 Å². The van der Waals surface area contributed by atoms with Gasteiger partial charge in [-0.25, -0.2) is 4.39 Å². The van der Waals surface area contributed by atoms with Crippen molar-refractivity contribution in [3.8, 4) is 0 Å². The Hall–Kier alpha value is -2.66. The number of ether oxygens (including phenoxy) is 1. The first-order valence-electron chi connectivity index (χ1n) is 11.0. The van der Waals surface area contributed by atoms with Crippen LogP contribution in [-0.2, 0) is 28.5 Å². The largest absolute Gasteiger partial charge is 0.416 e. The summed E-state index contributed by atoms with van der Waals surface area (Å²) < 4.78 is 98.6. The molecule has 0 spiro atoms. The number of carbonyl (C=O) groups excluding carboxylic acids is 1. The van der Waals surface area contributed by atoms with E-state index in [1.54, 1.807) is 12.1 Å². The number of nitrogens with one attached hydrogen (secondary N) is 1. The van der Waals surface area contributed by atoms with Gasteiger partial charge < -0.3 is 15.8 Å². The SMILES string of the molecule is N[C@H]1C[C@H]([C@@H]2CC[C@H](OCc3cc(C(F)(F)F)cc(C(F)(F)F)c3)[C@H]2c2ccc(F)cc2)NC1=O. The van der Waals surface area contributed by atoms with Gasteiger partial charge in [-0.1, -0.05) is 12.1 Å². The average molecular weight is 504 g/mol. The van der Waals surface area contributed by atoms with Crippen LogP contribution in [0.4, 0.5) is 30.7 Å². The van der Waals surface area contributed by atoms with Crippen LogP contribution in [0.2, 0.25) is 0 Å². The van der Waals surface area contributed by atoms with Crippen LogP contribution in [-0.4, -0.2) is 24.1 Å². The molecule has 1 saturated carbocycles. The van der Waals surface area contributed by atoms with Crippen molar-refractivity contribution in [2.24, 2.45) is 11.7 Å². The molecule has 5 atom stereocenters. The third-order valence-electron chi connectivity index (χ3n) is 6.70. The summed E-state index contributed by atoms with van der Waals surface area (Å²) in [6, 6.07) is 6.09. The zero-order valence-corrected chi connectivity index (χ0v) is 18.3. The molecule has 4 nitrogen and oxygen atoms in total. The molecule has 2 aliphatic rings. The fraction of sp³-hybridized carbons (Fsp3) is 0.458. The van der Waals surface area contributed by atoms with Gasteiger partial charge >= 0.3 is 12.4 Å². The Labute approximate surface area is 196 Å².